The summed E-state index contributed by atoms with van der Waals surface area (Å²) < 4.78 is 5.39. The molecule has 3 nitrogen and oxygen atoms in total. The summed E-state index contributed by atoms with van der Waals surface area (Å²) >= 11 is 0. The topological polar surface area (TPSA) is 47.3 Å². The van der Waals surface area contributed by atoms with E-state index in [1.165, 1.54) is 0 Å². The van der Waals surface area contributed by atoms with E-state index >= 15 is 0 Å². The number of ether oxygens (including phenoxy) is 1. The van der Waals surface area contributed by atoms with Crippen LogP contribution in [0.4, 0.5) is 11.4 Å². The van der Waals surface area contributed by atoms with Crippen LogP contribution in [0.25, 0.3) is 0 Å². The second-order valence-electron chi connectivity index (χ2n) is 4.90. The molecular formula is C13H20N2O. The van der Waals surface area contributed by atoms with Crippen molar-refractivity contribution in [2.75, 3.05) is 30.8 Å². The van der Waals surface area contributed by atoms with E-state index < -0.39 is 0 Å². The highest BCUT2D eigenvalue weighted by Gasteiger charge is 2.26. The number of hydrogen-bond acceptors (Lipinski definition) is 3. The zero-order valence-electron chi connectivity index (χ0n) is 9.83. The molecule has 1 fully saturated rings. The van der Waals surface area contributed by atoms with Crippen LogP contribution in [0.2, 0.25) is 0 Å². The summed E-state index contributed by atoms with van der Waals surface area (Å²) in [4.78, 5) is 0. The van der Waals surface area contributed by atoms with Crippen molar-refractivity contribution in [3.63, 3.8) is 0 Å². The summed E-state index contributed by atoms with van der Waals surface area (Å²) in [5, 5.41) is 3.47. The summed E-state index contributed by atoms with van der Waals surface area (Å²) in [5.74, 6) is 0. The van der Waals surface area contributed by atoms with E-state index in [0.29, 0.717) is 5.41 Å². The van der Waals surface area contributed by atoms with Crippen molar-refractivity contribution in [1.82, 2.24) is 0 Å². The Hall–Kier alpha value is -1.22. The number of anilines is 2. The molecule has 1 aromatic rings. The predicted octanol–water partition coefficient (Wildman–Crippen LogP) is 2.50. The van der Waals surface area contributed by atoms with E-state index in [-0.39, 0.29) is 0 Å². The number of nitrogens with one attached hydrogen (secondary N) is 1. The van der Waals surface area contributed by atoms with Crippen molar-refractivity contribution in [2.24, 2.45) is 5.41 Å². The van der Waals surface area contributed by atoms with E-state index in [0.717, 1.165) is 44.0 Å². The third-order valence-corrected chi connectivity index (χ3v) is 3.33. The third-order valence-electron chi connectivity index (χ3n) is 3.33. The van der Waals surface area contributed by atoms with Crippen LogP contribution < -0.4 is 11.1 Å². The molecule has 0 amide bonds. The molecule has 0 aliphatic carbocycles. The van der Waals surface area contributed by atoms with Crippen LogP contribution in [0.1, 0.15) is 19.8 Å². The Morgan fingerprint density at radius 3 is 2.50 bits per heavy atom. The second-order valence-corrected chi connectivity index (χ2v) is 4.90. The molecule has 0 unspecified atom stereocenters. The molecule has 1 saturated heterocycles. The number of nitrogen functional groups attached to an aromatic ring is 1. The highest BCUT2D eigenvalue weighted by Crippen LogP contribution is 2.29. The lowest BCUT2D eigenvalue weighted by molar-refractivity contribution is 0.0300. The predicted molar refractivity (Wildman–Crippen MR) is 67.5 cm³/mol. The van der Waals surface area contributed by atoms with E-state index in [9.17, 15) is 0 Å². The number of benzene rings is 1. The van der Waals surface area contributed by atoms with Gasteiger partial charge in [-0.2, -0.15) is 0 Å². The van der Waals surface area contributed by atoms with Gasteiger partial charge in [0.25, 0.3) is 0 Å². The second kappa shape index (κ2) is 4.74. The monoisotopic (exact) mass is 220 g/mol. The molecule has 1 heterocycles. The first-order chi connectivity index (χ1) is 7.68. The van der Waals surface area contributed by atoms with Crippen molar-refractivity contribution < 1.29 is 4.74 Å². The summed E-state index contributed by atoms with van der Waals surface area (Å²) in [6.07, 6.45) is 2.27. The van der Waals surface area contributed by atoms with Crippen molar-refractivity contribution in [3.05, 3.63) is 24.3 Å². The van der Waals surface area contributed by atoms with Crippen LogP contribution in [0.5, 0.6) is 0 Å². The van der Waals surface area contributed by atoms with Crippen LogP contribution >= 0.6 is 0 Å². The lowest BCUT2D eigenvalue weighted by Gasteiger charge is -2.33. The van der Waals surface area contributed by atoms with Crippen LogP contribution in [-0.4, -0.2) is 19.8 Å². The molecule has 1 aliphatic heterocycles. The molecule has 0 radical (unpaired) electrons. The minimum atomic E-state index is 0.361. The Bertz CT molecular complexity index is 328. The van der Waals surface area contributed by atoms with Gasteiger partial charge >= 0.3 is 0 Å². The Kier molecular flexibility index (Phi) is 3.34. The van der Waals surface area contributed by atoms with Crippen molar-refractivity contribution in [1.29, 1.82) is 0 Å². The maximum Gasteiger partial charge on any atom is 0.0471 e. The quantitative estimate of drug-likeness (QED) is 0.769. The van der Waals surface area contributed by atoms with Gasteiger partial charge in [-0.05, 0) is 42.5 Å². The minimum Gasteiger partial charge on any atom is -0.399 e. The van der Waals surface area contributed by atoms with Gasteiger partial charge in [-0.15, -0.1) is 0 Å². The summed E-state index contributed by atoms with van der Waals surface area (Å²) in [7, 11) is 0. The van der Waals surface area contributed by atoms with E-state index in [1.54, 1.807) is 0 Å². The van der Waals surface area contributed by atoms with Crippen LogP contribution in [0.3, 0.4) is 0 Å². The highest BCUT2D eigenvalue weighted by molar-refractivity contribution is 5.51. The average Bonchev–Trinajstić information content (AvgIpc) is 2.29. The van der Waals surface area contributed by atoms with E-state index in [1.807, 2.05) is 24.3 Å². The molecule has 0 atom stereocenters. The molecule has 0 bridgehead atoms. The molecular weight excluding hydrogens is 200 g/mol. The fourth-order valence-corrected chi connectivity index (χ4v) is 1.96. The maximum atomic E-state index is 5.65. The fraction of sp³-hybridized carbons (Fsp3) is 0.538. The molecule has 3 N–H and O–H groups in total. The van der Waals surface area contributed by atoms with Gasteiger partial charge in [0.2, 0.25) is 0 Å². The first kappa shape index (κ1) is 11.3. The first-order valence-corrected chi connectivity index (χ1v) is 5.85. The lowest BCUT2D eigenvalue weighted by atomic mass is 9.82. The fourth-order valence-electron chi connectivity index (χ4n) is 1.96. The molecule has 16 heavy (non-hydrogen) atoms. The maximum absolute atomic E-state index is 5.65. The van der Waals surface area contributed by atoms with Gasteiger partial charge in [-0.3, -0.25) is 0 Å². The summed E-state index contributed by atoms with van der Waals surface area (Å²) in [6.45, 7) is 5.10. The minimum absolute atomic E-state index is 0.361. The van der Waals surface area contributed by atoms with Gasteiger partial charge in [0.15, 0.2) is 0 Å². The van der Waals surface area contributed by atoms with Crippen LogP contribution in [0, 0.1) is 5.41 Å². The molecule has 0 saturated carbocycles. The van der Waals surface area contributed by atoms with Crippen molar-refractivity contribution >= 4 is 11.4 Å². The summed E-state index contributed by atoms with van der Waals surface area (Å²) in [5.41, 5.74) is 7.96. The summed E-state index contributed by atoms with van der Waals surface area (Å²) in [6, 6.07) is 7.90. The Morgan fingerprint density at radius 2 is 1.88 bits per heavy atom. The number of hydrogen-bond donors (Lipinski definition) is 2. The zero-order valence-corrected chi connectivity index (χ0v) is 9.83. The van der Waals surface area contributed by atoms with E-state index in [2.05, 4.69) is 12.2 Å². The smallest absolute Gasteiger partial charge is 0.0471 e. The van der Waals surface area contributed by atoms with Gasteiger partial charge in [0.05, 0.1) is 0 Å². The van der Waals surface area contributed by atoms with Gasteiger partial charge in [-0.25, -0.2) is 0 Å². The van der Waals surface area contributed by atoms with Crippen molar-refractivity contribution in [3.8, 4) is 0 Å². The molecule has 1 aliphatic rings. The van der Waals surface area contributed by atoms with Gasteiger partial charge < -0.3 is 15.8 Å². The van der Waals surface area contributed by atoms with Gasteiger partial charge in [0, 0.05) is 31.1 Å². The van der Waals surface area contributed by atoms with Crippen LogP contribution in [0.15, 0.2) is 24.3 Å². The van der Waals surface area contributed by atoms with E-state index in [4.69, 9.17) is 10.5 Å². The molecule has 88 valence electrons. The largest absolute Gasteiger partial charge is 0.399 e. The molecule has 2 rings (SSSR count). The van der Waals surface area contributed by atoms with Crippen LogP contribution in [-0.2, 0) is 4.74 Å². The molecule has 1 aromatic carbocycles. The standard InChI is InChI=1S/C13H20N2O/c1-13(6-8-16-9-7-13)10-15-12-4-2-11(14)3-5-12/h2-5,15H,6-10,14H2,1H3. The van der Waals surface area contributed by atoms with Crippen molar-refractivity contribution in [2.45, 2.75) is 19.8 Å². The Morgan fingerprint density at radius 1 is 1.25 bits per heavy atom. The zero-order chi connectivity index (χ0) is 11.4. The SMILES string of the molecule is CC1(CNc2ccc(N)cc2)CCOCC1. The van der Waals surface area contributed by atoms with Gasteiger partial charge in [-0.1, -0.05) is 6.92 Å². The third kappa shape index (κ3) is 2.89. The normalized spacial score (nSPS) is 19.3. The highest BCUT2D eigenvalue weighted by atomic mass is 16.5. The number of rotatable bonds is 3. The molecule has 0 aromatic heterocycles. The first-order valence-electron chi connectivity index (χ1n) is 5.85. The average molecular weight is 220 g/mol. The molecule has 0 spiro atoms. The number of nitrogens with two attached hydrogens (primary N) is 1. The molecule has 3 heteroatoms. The Labute approximate surface area is 97.0 Å². The lowest BCUT2D eigenvalue weighted by Crippen LogP contribution is -2.33. The Balaban J connectivity index is 1.88. The van der Waals surface area contributed by atoms with Gasteiger partial charge in [0.1, 0.15) is 0 Å².